The van der Waals surface area contributed by atoms with Gasteiger partial charge in [0, 0.05) is 12.7 Å². The van der Waals surface area contributed by atoms with Crippen LogP contribution in [0.4, 0.5) is 5.69 Å². The number of unbranched alkanes of at least 4 members (excludes halogenated alkanes) is 1. The Hall–Kier alpha value is -1.06. The van der Waals surface area contributed by atoms with Crippen molar-refractivity contribution in [2.75, 3.05) is 18.5 Å². The minimum absolute atomic E-state index is 0. The highest BCUT2D eigenvalue weighted by Crippen LogP contribution is 2.15. The van der Waals surface area contributed by atoms with Gasteiger partial charge in [0.2, 0.25) is 5.91 Å². The number of rotatable bonds is 5. The van der Waals surface area contributed by atoms with Crippen molar-refractivity contribution in [3.8, 4) is 0 Å². The fourth-order valence-electron chi connectivity index (χ4n) is 1.55. The summed E-state index contributed by atoms with van der Waals surface area (Å²) in [4.78, 5) is 13.0. The minimum atomic E-state index is -0.0682. The lowest BCUT2D eigenvalue weighted by Crippen LogP contribution is -2.32. The van der Waals surface area contributed by atoms with E-state index in [1.807, 2.05) is 12.1 Å². The molecular weight excluding hydrogens is 236 g/mol. The highest BCUT2D eigenvalue weighted by atomic mass is 35.5. The number of hydrogen-bond acceptors (Lipinski definition) is 2. The van der Waals surface area contributed by atoms with Crippen LogP contribution in [0.1, 0.15) is 25.3 Å². The number of amides is 1. The van der Waals surface area contributed by atoms with Gasteiger partial charge in [-0.25, -0.2) is 0 Å². The smallest absolute Gasteiger partial charge is 0.240 e. The Labute approximate surface area is 109 Å². The molecule has 3 nitrogen and oxygen atoms in total. The summed E-state index contributed by atoms with van der Waals surface area (Å²) in [6.07, 6.45) is 3.51. The number of likely N-dealkylation sites (N-methyl/N-ethyl adjacent to an activating group) is 1. The molecule has 0 atom stereocenters. The average Bonchev–Trinajstić information content (AvgIpc) is 2.35. The molecule has 2 N–H and O–H groups in total. The fraction of sp³-hybridized carbons (Fsp3) is 0.462. The summed E-state index contributed by atoms with van der Waals surface area (Å²) in [5.41, 5.74) is 7.53. The van der Waals surface area contributed by atoms with Gasteiger partial charge in [-0.15, -0.1) is 12.4 Å². The van der Waals surface area contributed by atoms with E-state index in [9.17, 15) is 4.79 Å². The lowest BCUT2D eigenvalue weighted by molar-refractivity contribution is -0.117. The summed E-state index contributed by atoms with van der Waals surface area (Å²) < 4.78 is 0. The van der Waals surface area contributed by atoms with Crippen molar-refractivity contribution >= 4 is 24.0 Å². The standard InChI is InChI=1S/C13H20N2O.ClH/c1-3-4-5-11-6-8-12(9-7-11)15(2)13(16)10-14;/h6-9H,3-5,10,14H2,1-2H3;1H. The van der Waals surface area contributed by atoms with Gasteiger partial charge in [-0.3, -0.25) is 4.79 Å². The Kier molecular flexibility index (Phi) is 7.59. The molecule has 0 bridgehead atoms. The number of halogens is 1. The number of benzene rings is 1. The maximum atomic E-state index is 11.4. The number of carbonyl (C=O) groups excluding carboxylic acids is 1. The molecule has 0 radical (unpaired) electrons. The third-order valence-corrected chi connectivity index (χ3v) is 2.69. The van der Waals surface area contributed by atoms with Gasteiger partial charge >= 0.3 is 0 Å². The summed E-state index contributed by atoms with van der Waals surface area (Å²) >= 11 is 0. The molecule has 0 aliphatic carbocycles. The molecule has 1 amide bonds. The first-order chi connectivity index (χ1) is 7.69. The van der Waals surface area contributed by atoms with Crippen LogP contribution in [0, 0.1) is 0 Å². The molecule has 0 saturated carbocycles. The quantitative estimate of drug-likeness (QED) is 0.879. The van der Waals surface area contributed by atoms with E-state index < -0.39 is 0 Å². The summed E-state index contributed by atoms with van der Waals surface area (Å²) in [5, 5.41) is 0. The number of nitrogens with zero attached hydrogens (tertiary/aromatic N) is 1. The van der Waals surface area contributed by atoms with E-state index in [4.69, 9.17) is 5.73 Å². The second-order valence-corrected chi connectivity index (χ2v) is 3.93. The van der Waals surface area contributed by atoms with Gasteiger partial charge in [0.05, 0.1) is 6.54 Å². The zero-order chi connectivity index (χ0) is 12.0. The predicted molar refractivity (Wildman–Crippen MR) is 74.8 cm³/mol. The maximum absolute atomic E-state index is 11.4. The molecule has 0 aliphatic rings. The molecule has 17 heavy (non-hydrogen) atoms. The van der Waals surface area contributed by atoms with Gasteiger partial charge in [0.1, 0.15) is 0 Å². The molecule has 0 fully saturated rings. The highest BCUT2D eigenvalue weighted by molar-refractivity contribution is 5.94. The van der Waals surface area contributed by atoms with E-state index in [-0.39, 0.29) is 24.9 Å². The van der Waals surface area contributed by atoms with Crippen molar-refractivity contribution in [3.05, 3.63) is 29.8 Å². The lowest BCUT2D eigenvalue weighted by Gasteiger charge is -2.16. The van der Waals surface area contributed by atoms with Crippen molar-refractivity contribution in [3.63, 3.8) is 0 Å². The van der Waals surface area contributed by atoms with Crippen LogP contribution in [0.5, 0.6) is 0 Å². The molecule has 0 aromatic heterocycles. The Bertz CT molecular complexity index is 338. The number of anilines is 1. The van der Waals surface area contributed by atoms with Crippen molar-refractivity contribution in [2.24, 2.45) is 5.73 Å². The molecule has 1 aromatic rings. The fourth-order valence-corrected chi connectivity index (χ4v) is 1.55. The van der Waals surface area contributed by atoms with Crippen LogP contribution in [0.3, 0.4) is 0 Å². The zero-order valence-electron chi connectivity index (χ0n) is 10.5. The van der Waals surface area contributed by atoms with Crippen molar-refractivity contribution in [1.29, 1.82) is 0 Å². The zero-order valence-corrected chi connectivity index (χ0v) is 11.3. The second kappa shape index (κ2) is 8.09. The first-order valence-corrected chi connectivity index (χ1v) is 5.74. The number of aryl methyl sites for hydroxylation is 1. The van der Waals surface area contributed by atoms with Crippen LogP contribution in [-0.4, -0.2) is 19.5 Å². The van der Waals surface area contributed by atoms with Crippen molar-refractivity contribution in [2.45, 2.75) is 26.2 Å². The minimum Gasteiger partial charge on any atom is -0.322 e. The first kappa shape index (κ1) is 15.9. The summed E-state index contributed by atoms with van der Waals surface area (Å²) in [6, 6.07) is 8.09. The normalized spacial score (nSPS) is 9.59. The Morgan fingerprint density at radius 3 is 2.35 bits per heavy atom. The Morgan fingerprint density at radius 1 is 1.29 bits per heavy atom. The number of hydrogen-bond donors (Lipinski definition) is 1. The predicted octanol–water partition coefficient (Wildman–Crippen LogP) is 2.37. The van der Waals surface area contributed by atoms with Crippen LogP contribution in [-0.2, 0) is 11.2 Å². The van der Waals surface area contributed by atoms with E-state index >= 15 is 0 Å². The lowest BCUT2D eigenvalue weighted by atomic mass is 10.1. The summed E-state index contributed by atoms with van der Waals surface area (Å²) in [7, 11) is 1.75. The third-order valence-electron chi connectivity index (χ3n) is 2.69. The molecule has 1 rings (SSSR count). The Morgan fingerprint density at radius 2 is 1.88 bits per heavy atom. The largest absolute Gasteiger partial charge is 0.322 e. The van der Waals surface area contributed by atoms with E-state index in [1.54, 1.807) is 11.9 Å². The van der Waals surface area contributed by atoms with Crippen LogP contribution >= 0.6 is 12.4 Å². The van der Waals surface area contributed by atoms with Crippen LogP contribution in [0.25, 0.3) is 0 Å². The summed E-state index contributed by atoms with van der Waals surface area (Å²) in [5.74, 6) is -0.0682. The monoisotopic (exact) mass is 256 g/mol. The molecular formula is C13H21ClN2O. The number of nitrogens with two attached hydrogens (primary N) is 1. The molecule has 0 spiro atoms. The molecule has 96 valence electrons. The SMILES string of the molecule is CCCCc1ccc(N(C)C(=O)CN)cc1.Cl. The van der Waals surface area contributed by atoms with Gasteiger partial charge in [0.15, 0.2) is 0 Å². The second-order valence-electron chi connectivity index (χ2n) is 3.93. The van der Waals surface area contributed by atoms with Gasteiger partial charge in [0.25, 0.3) is 0 Å². The highest BCUT2D eigenvalue weighted by Gasteiger charge is 2.07. The van der Waals surface area contributed by atoms with Crippen LogP contribution < -0.4 is 10.6 Å². The van der Waals surface area contributed by atoms with Gasteiger partial charge in [-0.1, -0.05) is 25.5 Å². The molecule has 0 saturated heterocycles. The first-order valence-electron chi connectivity index (χ1n) is 5.74. The van der Waals surface area contributed by atoms with Gasteiger partial charge < -0.3 is 10.6 Å². The molecule has 4 heteroatoms. The van der Waals surface area contributed by atoms with Gasteiger partial charge in [-0.2, -0.15) is 0 Å². The molecule has 0 heterocycles. The molecule has 1 aromatic carbocycles. The van der Waals surface area contributed by atoms with E-state index in [0.717, 1.165) is 12.1 Å². The average molecular weight is 257 g/mol. The van der Waals surface area contributed by atoms with Crippen molar-refractivity contribution in [1.82, 2.24) is 0 Å². The molecule has 0 aliphatic heterocycles. The third kappa shape index (κ3) is 4.75. The van der Waals surface area contributed by atoms with E-state index in [2.05, 4.69) is 19.1 Å². The van der Waals surface area contributed by atoms with Crippen LogP contribution in [0.2, 0.25) is 0 Å². The maximum Gasteiger partial charge on any atom is 0.240 e. The topological polar surface area (TPSA) is 46.3 Å². The molecule has 0 unspecified atom stereocenters. The van der Waals surface area contributed by atoms with Crippen molar-refractivity contribution < 1.29 is 4.79 Å². The van der Waals surface area contributed by atoms with E-state index in [1.165, 1.54) is 18.4 Å². The van der Waals surface area contributed by atoms with Gasteiger partial charge in [-0.05, 0) is 30.5 Å². The van der Waals surface area contributed by atoms with Crippen LogP contribution in [0.15, 0.2) is 24.3 Å². The number of carbonyl (C=O) groups is 1. The summed E-state index contributed by atoms with van der Waals surface area (Å²) in [6.45, 7) is 2.23. The Balaban J connectivity index is 0.00000256. The van der Waals surface area contributed by atoms with E-state index in [0.29, 0.717) is 0 Å².